The van der Waals surface area contributed by atoms with Gasteiger partial charge in [-0.3, -0.25) is 4.79 Å². The number of amides is 1. The lowest BCUT2D eigenvalue weighted by atomic mass is 10.1. The first kappa shape index (κ1) is 18.6. The zero-order valence-electron chi connectivity index (χ0n) is 13.9. The topological polar surface area (TPSA) is 63.2 Å². The number of hydrogen-bond acceptors (Lipinski definition) is 4. The first-order valence-corrected chi connectivity index (χ1v) is 10.6. The van der Waals surface area contributed by atoms with Crippen LogP contribution in [0.5, 0.6) is 0 Å². The molecule has 1 N–H and O–H groups in total. The fraction of sp³-hybridized carbons (Fsp3) is 0.105. The van der Waals surface area contributed by atoms with E-state index in [1.807, 2.05) is 24.3 Å². The van der Waals surface area contributed by atoms with Gasteiger partial charge in [0.2, 0.25) is 9.84 Å². The summed E-state index contributed by atoms with van der Waals surface area (Å²) in [6.07, 6.45) is 0.922. The number of thiophene rings is 1. The minimum atomic E-state index is -3.67. The van der Waals surface area contributed by atoms with Crippen LogP contribution in [0.2, 0.25) is 5.02 Å². The molecule has 7 heteroatoms. The molecule has 0 aliphatic rings. The van der Waals surface area contributed by atoms with Crippen LogP contribution in [0.3, 0.4) is 0 Å². The predicted octanol–water partition coefficient (Wildman–Crippen LogP) is 5.05. The Kier molecular flexibility index (Phi) is 5.46. The van der Waals surface area contributed by atoms with Crippen molar-refractivity contribution in [2.75, 3.05) is 5.32 Å². The molecule has 1 amide bonds. The lowest BCUT2D eigenvalue weighted by Gasteiger charge is -2.04. The summed E-state index contributed by atoms with van der Waals surface area (Å²) in [5.74, 6) is -0.336. The Hall–Kier alpha value is -2.15. The highest BCUT2D eigenvalue weighted by molar-refractivity contribution is 7.93. The van der Waals surface area contributed by atoms with Crippen molar-refractivity contribution in [3.8, 4) is 0 Å². The highest BCUT2D eigenvalue weighted by Gasteiger charge is 2.21. The second-order valence-corrected chi connectivity index (χ2v) is 9.28. The van der Waals surface area contributed by atoms with Crippen molar-refractivity contribution in [1.82, 2.24) is 0 Å². The van der Waals surface area contributed by atoms with E-state index in [-0.39, 0.29) is 15.0 Å². The van der Waals surface area contributed by atoms with Crippen LogP contribution >= 0.6 is 22.9 Å². The fourth-order valence-corrected chi connectivity index (χ4v) is 5.06. The van der Waals surface area contributed by atoms with Crippen molar-refractivity contribution in [3.05, 3.63) is 76.1 Å². The van der Waals surface area contributed by atoms with E-state index in [4.69, 9.17) is 11.6 Å². The minimum Gasteiger partial charge on any atom is -0.321 e. The fourth-order valence-electron chi connectivity index (χ4n) is 2.33. The van der Waals surface area contributed by atoms with E-state index < -0.39 is 9.84 Å². The van der Waals surface area contributed by atoms with Crippen molar-refractivity contribution in [1.29, 1.82) is 0 Å². The number of benzene rings is 2. The molecule has 1 aromatic heterocycles. The van der Waals surface area contributed by atoms with Gasteiger partial charge < -0.3 is 5.32 Å². The quantitative estimate of drug-likeness (QED) is 0.646. The normalized spacial score (nSPS) is 11.3. The zero-order chi connectivity index (χ0) is 18.7. The molecule has 1 heterocycles. The Morgan fingerprint density at radius 1 is 1.00 bits per heavy atom. The molecule has 0 bridgehead atoms. The highest BCUT2D eigenvalue weighted by atomic mass is 35.5. The van der Waals surface area contributed by atoms with Gasteiger partial charge in [0.1, 0.15) is 4.21 Å². The Labute approximate surface area is 161 Å². The standard InChI is InChI=1S/C19H16ClNO3S2/c1-2-13-3-7-15(8-4-13)21-19(22)17-11-12-18(25-17)26(23,24)16-9-5-14(20)6-10-16/h3-12H,2H2,1H3,(H,21,22). The van der Waals surface area contributed by atoms with Gasteiger partial charge >= 0.3 is 0 Å². The monoisotopic (exact) mass is 405 g/mol. The maximum atomic E-state index is 12.6. The molecule has 0 atom stereocenters. The number of hydrogen-bond donors (Lipinski definition) is 1. The van der Waals surface area contributed by atoms with Gasteiger partial charge in [-0.05, 0) is 60.5 Å². The third-order valence-electron chi connectivity index (χ3n) is 3.81. The lowest BCUT2D eigenvalue weighted by molar-refractivity contribution is 0.103. The zero-order valence-corrected chi connectivity index (χ0v) is 16.3. The van der Waals surface area contributed by atoms with Crippen LogP contribution in [-0.2, 0) is 16.3 Å². The van der Waals surface area contributed by atoms with Gasteiger partial charge in [-0.1, -0.05) is 30.7 Å². The number of sulfone groups is 1. The molecule has 0 unspecified atom stereocenters. The number of aryl methyl sites for hydroxylation is 1. The summed E-state index contributed by atoms with van der Waals surface area (Å²) >= 11 is 6.75. The van der Waals surface area contributed by atoms with Crippen LogP contribution in [0.25, 0.3) is 0 Å². The van der Waals surface area contributed by atoms with Crippen molar-refractivity contribution in [3.63, 3.8) is 0 Å². The summed E-state index contributed by atoms with van der Waals surface area (Å²) in [7, 11) is -3.67. The summed E-state index contributed by atoms with van der Waals surface area (Å²) in [6, 6.07) is 16.5. The molecule has 0 saturated carbocycles. The van der Waals surface area contributed by atoms with Crippen LogP contribution in [0, 0.1) is 0 Å². The molecule has 4 nitrogen and oxygen atoms in total. The molecule has 134 valence electrons. The van der Waals surface area contributed by atoms with Crippen LogP contribution in [-0.4, -0.2) is 14.3 Å². The summed E-state index contributed by atoms with van der Waals surface area (Å²) < 4.78 is 25.4. The van der Waals surface area contributed by atoms with Crippen LogP contribution in [0.4, 0.5) is 5.69 Å². The average molecular weight is 406 g/mol. The number of halogens is 1. The third kappa shape index (κ3) is 3.98. The Bertz CT molecular complexity index is 1020. The minimum absolute atomic E-state index is 0.117. The van der Waals surface area contributed by atoms with E-state index in [0.717, 1.165) is 17.8 Å². The molecule has 0 saturated heterocycles. The summed E-state index contributed by atoms with van der Waals surface area (Å²) in [5, 5.41) is 3.24. The maximum Gasteiger partial charge on any atom is 0.265 e. The molecule has 3 aromatic rings. The Balaban J connectivity index is 1.80. The molecule has 0 aliphatic heterocycles. The van der Waals surface area contributed by atoms with Crippen molar-refractivity contribution in [2.45, 2.75) is 22.4 Å². The number of carbonyl (C=O) groups is 1. The van der Waals surface area contributed by atoms with E-state index in [1.54, 1.807) is 0 Å². The lowest BCUT2D eigenvalue weighted by Crippen LogP contribution is -2.10. The third-order valence-corrected chi connectivity index (χ3v) is 7.41. The number of anilines is 1. The number of carbonyl (C=O) groups excluding carboxylic acids is 1. The molecule has 0 fully saturated rings. The Morgan fingerprint density at radius 3 is 2.27 bits per heavy atom. The SMILES string of the molecule is CCc1ccc(NC(=O)c2ccc(S(=O)(=O)c3ccc(Cl)cc3)s2)cc1. The maximum absolute atomic E-state index is 12.6. The molecule has 0 radical (unpaired) electrons. The van der Waals surface area contributed by atoms with E-state index in [0.29, 0.717) is 15.6 Å². The summed E-state index contributed by atoms with van der Waals surface area (Å²) in [4.78, 5) is 12.9. The van der Waals surface area contributed by atoms with Gasteiger partial charge in [-0.25, -0.2) is 8.42 Å². The summed E-state index contributed by atoms with van der Waals surface area (Å²) in [6.45, 7) is 2.06. The molecule has 0 aliphatic carbocycles. The molecule has 0 spiro atoms. The van der Waals surface area contributed by atoms with Gasteiger partial charge in [0.15, 0.2) is 0 Å². The largest absolute Gasteiger partial charge is 0.321 e. The van der Waals surface area contributed by atoms with E-state index in [2.05, 4.69) is 12.2 Å². The van der Waals surface area contributed by atoms with Crippen LogP contribution in [0.1, 0.15) is 22.2 Å². The molecular formula is C19H16ClNO3S2. The van der Waals surface area contributed by atoms with Crippen molar-refractivity contribution >= 4 is 44.4 Å². The van der Waals surface area contributed by atoms with Gasteiger partial charge in [0, 0.05) is 10.7 Å². The van der Waals surface area contributed by atoms with E-state index in [1.165, 1.54) is 42.0 Å². The average Bonchev–Trinajstić information content (AvgIpc) is 3.14. The van der Waals surface area contributed by atoms with E-state index in [9.17, 15) is 13.2 Å². The van der Waals surface area contributed by atoms with Crippen molar-refractivity contribution < 1.29 is 13.2 Å². The second kappa shape index (κ2) is 7.61. The van der Waals surface area contributed by atoms with Gasteiger partial charge in [0.05, 0.1) is 9.77 Å². The van der Waals surface area contributed by atoms with Gasteiger partial charge in [0.25, 0.3) is 5.91 Å². The molecule has 2 aromatic carbocycles. The smallest absolute Gasteiger partial charge is 0.265 e. The molecular weight excluding hydrogens is 390 g/mol. The first-order valence-electron chi connectivity index (χ1n) is 7.91. The summed E-state index contributed by atoms with van der Waals surface area (Å²) in [5.41, 5.74) is 1.85. The Morgan fingerprint density at radius 2 is 1.65 bits per heavy atom. The number of nitrogens with one attached hydrogen (secondary N) is 1. The predicted molar refractivity (Wildman–Crippen MR) is 105 cm³/mol. The first-order chi connectivity index (χ1) is 12.4. The van der Waals surface area contributed by atoms with Crippen LogP contribution < -0.4 is 5.32 Å². The molecule has 26 heavy (non-hydrogen) atoms. The van der Waals surface area contributed by atoms with Crippen molar-refractivity contribution in [2.24, 2.45) is 0 Å². The van der Waals surface area contributed by atoms with Crippen LogP contribution in [0.15, 0.2) is 69.8 Å². The highest BCUT2D eigenvalue weighted by Crippen LogP contribution is 2.29. The van der Waals surface area contributed by atoms with Gasteiger partial charge in [-0.15, -0.1) is 11.3 Å². The number of rotatable bonds is 5. The second-order valence-electron chi connectivity index (χ2n) is 5.58. The molecule has 3 rings (SSSR count). The van der Waals surface area contributed by atoms with E-state index >= 15 is 0 Å². The van der Waals surface area contributed by atoms with Gasteiger partial charge in [-0.2, -0.15) is 0 Å².